The number of carbonyl (C=O) groups excluding carboxylic acids is 2. The number of hydrogen-bond donors (Lipinski definition) is 1. The zero-order chi connectivity index (χ0) is 19.5. The molecule has 0 unspecified atom stereocenters. The van der Waals surface area contributed by atoms with E-state index < -0.39 is 0 Å². The van der Waals surface area contributed by atoms with Crippen molar-refractivity contribution in [2.24, 2.45) is 0 Å². The summed E-state index contributed by atoms with van der Waals surface area (Å²) < 4.78 is 6.01. The van der Waals surface area contributed by atoms with Crippen molar-refractivity contribution < 1.29 is 14.3 Å². The van der Waals surface area contributed by atoms with Crippen molar-refractivity contribution in [1.82, 2.24) is 5.32 Å². The van der Waals surface area contributed by atoms with Gasteiger partial charge in [-0.3, -0.25) is 9.59 Å². The van der Waals surface area contributed by atoms with E-state index in [1.165, 1.54) is 6.42 Å². The maximum atomic E-state index is 12.3. The standard InChI is InChI=1S/C24H25NO3/c1-16(26)21-9-5-6-10-22(21)18-11-12-23-19(13-18)14-20(28-23)15-25-24(27)17-7-3-2-4-8-17/h5-7,9-13,20H,2-4,8,14-15H2,1H3,(H,25,27)/t20-/m1/s1. The first-order valence-electron chi connectivity index (χ1n) is 9.99. The van der Waals surface area contributed by atoms with Crippen LogP contribution in [0.4, 0.5) is 0 Å². The van der Waals surface area contributed by atoms with Gasteiger partial charge in [-0.05, 0) is 61.4 Å². The number of amides is 1. The maximum Gasteiger partial charge on any atom is 0.247 e. The molecular weight excluding hydrogens is 350 g/mol. The molecule has 1 heterocycles. The number of allylic oxidation sites excluding steroid dienone is 1. The molecule has 2 aromatic carbocycles. The minimum Gasteiger partial charge on any atom is -0.488 e. The van der Waals surface area contributed by atoms with Crippen LogP contribution in [0.25, 0.3) is 11.1 Å². The van der Waals surface area contributed by atoms with Crippen LogP contribution in [-0.4, -0.2) is 24.3 Å². The molecule has 2 aromatic rings. The summed E-state index contributed by atoms with van der Waals surface area (Å²) in [6.45, 7) is 2.10. The second-order valence-corrected chi connectivity index (χ2v) is 7.55. The maximum absolute atomic E-state index is 12.3. The third-order valence-corrected chi connectivity index (χ3v) is 5.49. The van der Waals surface area contributed by atoms with E-state index in [9.17, 15) is 9.59 Å². The van der Waals surface area contributed by atoms with E-state index in [2.05, 4.69) is 17.5 Å². The minimum absolute atomic E-state index is 0.0373. The van der Waals surface area contributed by atoms with Crippen LogP contribution in [0.3, 0.4) is 0 Å². The molecule has 28 heavy (non-hydrogen) atoms. The molecule has 0 radical (unpaired) electrons. The van der Waals surface area contributed by atoms with Crippen molar-refractivity contribution in [3.8, 4) is 16.9 Å². The Balaban J connectivity index is 1.44. The summed E-state index contributed by atoms with van der Waals surface area (Å²) in [6.07, 6.45) is 6.89. The van der Waals surface area contributed by atoms with E-state index in [1.807, 2.05) is 36.4 Å². The Kier molecular flexibility index (Phi) is 5.29. The largest absolute Gasteiger partial charge is 0.488 e. The number of Topliss-reactive ketones (excluding diaryl/α,β-unsaturated/α-hetero) is 1. The highest BCUT2D eigenvalue weighted by Crippen LogP contribution is 2.34. The summed E-state index contributed by atoms with van der Waals surface area (Å²) in [7, 11) is 0. The Morgan fingerprint density at radius 2 is 2.00 bits per heavy atom. The van der Waals surface area contributed by atoms with Gasteiger partial charge in [0.15, 0.2) is 5.78 Å². The summed E-state index contributed by atoms with van der Waals surface area (Å²) in [4.78, 5) is 24.2. The molecule has 144 valence electrons. The molecule has 1 atom stereocenters. The van der Waals surface area contributed by atoms with Gasteiger partial charge in [-0.1, -0.05) is 36.4 Å². The number of hydrogen-bond acceptors (Lipinski definition) is 3. The molecule has 4 nitrogen and oxygen atoms in total. The third kappa shape index (κ3) is 3.86. The van der Waals surface area contributed by atoms with Gasteiger partial charge in [0.1, 0.15) is 11.9 Å². The van der Waals surface area contributed by atoms with Crippen molar-refractivity contribution >= 4 is 11.7 Å². The Morgan fingerprint density at radius 1 is 1.14 bits per heavy atom. The number of benzene rings is 2. The van der Waals surface area contributed by atoms with Gasteiger partial charge in [0.05, 0.1) is 6.54 Å². The fourth-order valence-corrected chi connectivity index (χ4v) is 4.01. The monoisotopic (exact) mass is 375 g/mol. The highest BCUT2D eigenvalue weighted by molar-refractivity contribution is 6.00. The zero-order valence-corrected chi connectivity index (χ0v) is 16.2. The van der Waals surface area contributed by atoms with Crippen LogP contribution in [0.1, 0.15) is 48.5 Å². The second kappa shape index (κ2) is 8.01. The van der Waals surface area contributed by atoms with E-state index in [0.717, 1.165) is 59.3 Å². The molecule has 0 saturated carbocycles. The van der Waals surface area contributed by atoms with Gasteiger partial charge in [-0.2, -0.15) is 0 Å². The summed E-state index contributed by atoms with van der Waals surface area (Å²) in [6, 6.07) is 13.7. The lowest BCUT2D eigenvalue weighted by Gasteiger charge is -2.15. The normalized spacial score (nSPS) is 18.0. The molecule has 1 amide bonds. The molecule has 4 heteroatoms. The number of fused-ring (bicyclic) bond motifs is 1. The van der Waals surface area contributed by atoms with Crippen LogP contribution in [0, 0.1) is 0 Å². The van der Waals surface area contributed by atoms with E-state index in [1.54, 1.807) is 6.92 Å². The molecule has 0 spiro atoms. The molecule has 0 fully saturated rings. The predicted octanol–water partition coefficient (Wildman–Crippen LogP) is 4.48. The van der Waals surface area contributed by atoms with Crippen molar-refractivity contribution in [2.45, 2.75) is 45.1 Å². The Hall–Kier alpha value is -2.88. The topological polar surface area (TPSA) is 55.4 Å². The first-order chi connectivity index (χ1) is 13.6. The van der Waals surface area contributed by atoms with E-state index in [0.29, 0.717) is 6.54 Å². The van der Waals surface area contributed by atoms with Crippen LogP contribution in [0.15, 0.2) is 54.1 Å². The molecule has 0 aromatic heterocycles. The number of ether oxygens (including phenoxy) is 1. The molecule has 0 bridgehead atoms. The molecule has 1 aliphatic carbocycles. The number of carbonyl (C=O) groups is 2. The van der Waals surface area contributed by atoms with Gasteiger partial charge in [-0.25, -0.2) is 0 Å². The van der Waals surface area contributed by atoms with Gasteiger partial charge in [0.25, 0.3) is 0 Å². The smallest absolute Gasteiger partial charge is 0.247 e. The van der Waals surface area contributed by atoms with Gasteiger partial charge in [0.2, 0.25) is 5.91 Å². The highest BCUT2D eigenvalue weighted by Gasteiger charge is 2.24. The summed E-state index contributed by atoms with van der Waals surface area (Å²) >= 11 is 0. The van der Waals surface area contributed by atoms with E-state index >= 15 is 0 Å². The third-order valence-electron chi connectivity index (χ3n) is 5.49. The molecule has 0 saturated heterocycles. The molecule has 2 aliphatic rings. The van der Waals surface area contributed by atoms with Crippen molar-refractivity contribution in [3.05, 3.63) is 65.2 Å². The number of ketones is 1. The molecular formula is C24H25NO3. The summed E-state index contributed by atoms with van der Waals surface area (Å²) in [5.74, 6) is 0.959. The van der Waals surface area contributed by atoms with Crippen LogP contribution in [-0.2, 0) is 11.2 Å². The SMILES string of the molecule is CC(=O)c1ccccc1-c1ccc2c(c1)C[C@H](CNC(=O)C1=CCCCC1)O2. The van der Waals surface area contributed by atoms with Crippen LogP contribution in [0.2, 0.25) is 0 Å². The lowest BCUT2D eigenvalue weighted by Crippen LogP contribution is -2.35. The zero-order valence-electron chi connectivity index (χ0n) is 16.2. The first-order valence-corrected chi connectivity index (χ1v) is 9.99. The number of rotatable bonds is 5. The van der Waals surface area contributed by atoms with E-state index in [-0.39, 0.29) is 17.8 Å². The van der Waals surface area contributed by atoms with Crippen molar-refractivity contribution in [2.75, 3.05) is 6.54 Å². The first kappa shape index (κ1) is 18.5. The molecule has 1 aliphatic heterocycles. The summed E-state index contributed by atoms with van der Waals surface area (Å²) in [5.41, 5.74) is 4.71. The van der Waals surface area contributed by atoms with Gasteiger partial charge in [-0.15, -0.1) is 0 Å². The number of nitrogens with one attached hydrogen (secondary N) is 1. The predicted molar refractivity (Wildman–Crippen MR) is 110 cm³/mol. The average Bonchev–Trinajstić information content (AvgIpc) is 3.14. The van der Waals surface area contributed by atoms with Crippen LogP contribution in [0.5, 0.6) is 5.75 Å². The van der Waals surface area contributed by atoms with Gasteiger partial charge < -0.3 is 10.1 Å². The lowest BCUT2D eigenvalue weighted by molar-refractivity contribution is -0.118. The quantitative estimate of drug-likeness (QED) is 0.784. The molecule has 4 rings (SSSR count). The molecule has 1 N–H and O–H groups in total. The Morgan fingerprint density at radius 3 is 2.79 bits per heavy atom. The van der Waals surface area contributed by atoms with Crippen LogP contribution < -0.4 is 10.1 Å². The van der Waals surface area contributed by atoms with Gasteiger partial charge in [0, 0.05) is 17.6 Å². The fourth-order valence-electron chi connectivity index (χ4n) is 4.01. The van der Waals surface area contributed by atoms with Crippen LogP contribution >= 0.6 is 0 Å². The minimum atomic E-state index is -0.0542. The fraction of sp³-hybridized carbons (Fsp3) is 0.333. The van der Waals surface area contributed by atoms with E-state index in [4.69, 9.17) is 4.74 Å². The Labute approximate surface area is 165 Å². The average molecular weight is 375 g/mol. The van der Waals surface area contributed by atoms with Gasteiger partial charge >= 0.3 is 0 Å². The van der Waals surface area contributed by atoms with Crippen molar-refractivity contribution in [1.29, 1.82) is 0 Å². The summed E-state index contributed by atoms with van der Waals surface area (Å²) in [5, 5.41) is 3.02. The Bertz CT molecular complexity index is 945. The second-order valence-electron chi connectivity index (χ2n) is 7.55. The lowest BCUT2D eigenvalue weighted by atomic mass is 9.95. The van der Waals surface area contributed by atoms with Crippen molar-refractivity contribution in [3.63, 3.8) is 0 Å². The highest BCUT2D eigenvalue weighted by atomic mass is 16.5.